The number of hydrogen-bond donors (Lipinski definition) is 11. The number of carbonyl (C=O) groups excluding carboxylic acids is 8. The third-order valence-electron chi connectivity index (χ3n) is 14.0. The maximum atomic E-state index is 15.0. The van der Waals surface area contributed by atoms with Gasteiger partial charge in [0.2, 0.25) is 47.3 Å². The lowest BCUT2D eigenvalue weighted by Gasteiger charge is -2.31. The van der Waals surface area contributed by atoms with Gasteiger partial charge in [0.25, 0.3) is 0 Å². The van der Waals surface area contributed by atoms with Crippen molar-refractivity contribution in [2.75, 3.05) is 0 Å². The fraction of sp³-hybridized carbons (Fsp3) is 0.368. The van der Waals surface area contributed by atoms with Crippen LogP contribution in [0.3, 0.4) is 0 Å². The van der Waals surface area contributed by atoms with Crippen LogP contribution in [0.4, 0.5) is 0 Å². The van der Waals surface area contributed by atoms with Crippen molar-refractivity contribution in [3.63, 3.8) is 0 Å². The molecular weight excluding hydrogens is 967 g/mol. The van der Waals surface area contributed by atoms with Crippen LogP contribution in [-0.4, -0.2) is 99.0 Å². The van der Waals surface area contributed by atoms with Crippen LogP contribution < -0.4 is 49.1 Å². The number of hydrogen-bond acceptors (Lipinski definition) is 9. The van der Waals surface area contributed by atoms with Gasteiger partial charge >= 0.3 is 0 Å². The van der Waals surface area contributed by atoms with Gasteiger partial charge in [0.05, 0.1) is 6.04 Å². The summed E-state index contributed by atoms with van der Waals surface area (Å²) in [5.41, 5.74) is 20.7. The maximum absolute atomic E-state index is 15.0. The lowest BCUT2D eigenvalue weighted by molar-refractivity contribution is -0.136. The van der Waals surface area contributed by atoms with Crippen molar-refractivity contribution in [3.8, 4) is 0 Å². The number of para-hydroxylation sites is 2. The Bertz CT molecular complexity index is 3000. The molecule has 1 aliphatic carbocycles. The summed E-state index contributed by atoms with van der Waals surface area (Å²) >= 11 is 0. The van der Waals surface area contributed by atoms with Crippen molar-refractivity contribution in [1.29, 1.82) is 0 Å². The molecule has 0 bridgehead atoms. The van der Waals surface area contributed by atoms with Gasteiger partial charge in [-0.3, -0.25) is 38.4 Å². The van der Waals surface area contributed by atoms with Gasteiger partial charge in [-0.2, -0.15) is 0 Å². The lowest BCUT2D eigenvalue weighted by Crippen LogP contribution is -2.62. The molecule has 400 valence electrons. The van der Waals surface area contributed by atoms with Crippen LogP contribution in [0.25, 0.3) is 21.8 Å². The quantitative estimate of drug-likeness (QED) is 0.0380. The molecule has 19 nitrogen and oxygen atoms in total. The Morgan fingerprint density at radius 1 is 0.513 bits per heavy atom. The summed E-state index contributed by atoms with van der Waals surface area (Å²) in [6, 6.07) is 25.2. The van der Waals surface area contributed by atoms with E-state index in [2.05, 4.69) is 41.9 Å². The van der Waals surface area contributed by atoms with Crippen molar-refractivity contribution < 1.29 is 38.4 Å². The molecule has 76 heavy (non-hydrogen) atoms. The summed E-state index contributed by atoms with van der Waals surface area (Å²) in [5.74, 6) is -5.74. The molecule has 7 rings (SSSR count). The molecule has 6 aromatic rings. The zero-order valence-corrected chi connectivity index (χ0v) is 42.9. The number of amides is 8. The summed E-state index contributed by atoms with van der Waals surface area (Å²) in [6.45, 7) is 3.78. The minimum absolute atomic E-state index is 0.0402. The first-order valence-electron chi connectivity index (χ1n) is 25.8. The topological polar surface area (TPSA) is 318 Å². The Labute approximate surface area is 441 Å². The third kappa shape index (κ3) is 14.7. The molecule has 0 radical (unpaired) electrons. The number of nitrogens with one attached hydrogen (secondary N) is 8. The largest absolute Gasteiger partial charge is 0.370 e. The molecule has 4 aromatic carbocycles. The second kappa shape index (κ2) is 25.8. The first-order chi connectivity index (χ1) is 36.5. The van der Waals surface area contributed by atoms with E-state index in [1.165, 1.54) is 0 Å². The molecule has 1 aliphatic rings. The van der Waals surface area contributed by atoms with E-state index in [4.69, 9.17) is 17.2 Å². The van der Waals surface area contributed by atoms with Crippen molar-refractivity contribution >= 4 is 69.1 Å². The van der Waals surface area contributed by atoms with Crippen LogP contribution in [0, 0.1) is 5.92 Å². The van der Waals surface area contributed by atoms with Crippen molar-refractivity contribution in [2.45, 2.75) is 126 Å². The van der Waals surface area contributed by atoms with Gasteiger partial charge in [-0.05, 0) is 72.4 Å². The average Bonchev–Trinajstić information content (AvgIpc) is 4.16. The number of carbonyl (C=O) groups is 8. The smallest absolute Gasteiger partial charge is 0.243 e. The number of primary amides is 2. The third-order valence-corrected chi connectivity index (χ3v) is 14.0. The second-order valence-electron chi connectivity index (χ2n) is 20.2. The van der Waals surface area contributed by atoms with Crippen LogP contribution in [0.5, 0.6) is 0 Å². The molecule has 14 N–H and O–H groups in total. The fourth-order valence-corrected chi connectivity index (χ4v) is 9.84. The fourth-order valence-electron chi connectivity index (χ4n) is 9.84. The Kier molecular flexibility index (Phi) is 18.8. The van der Waals surface area contributed by atoms with E-state index in [1.54, 1.807) is 42.7 Å². The van der Waals surface area contributed by atoms with Gasteiger partial charge in [0.15, 0.2) is 0 Å². The van der Waals surface area contributed by atoms with Crippen LogP contribution in [0.15, 0.2) is 122 Å². The minimum atomic E-state index is -1.38. The number of fused-ring (bicyclic) bond motifs is 2. The first kappa shape index (κ1) is 55.4. The predicted octanol–water partition coefficient (Wildman–Crippen LogP) is 2.90. The molecule has 2 heterocycles. The average molecular weight is 1040 g/mol. The molecule has 0 saturated heterocycles. The molecule has 1 saturated carbocycles. The number of H-pyrrole nitrogens is 2. The van der Waals surface area contributed by atoms with Gasteiger partial charge in [-0.15, -0.1) is 0 Å². The van der Waals surface area contributed by atoms with Crippen LogP contribution in [0.1, 0.15) is 81.0 Å². The van der Waals surface area contributed by atoms with E-state index in [0.29, 0.717) is 42.4 Å². The molecule has 1 fully saturated rings. The number of benzene rings is 4. The maximum Gasteiger partial charge on any atom is 0.243 e. The van der Waals surface area contributed by atoms with E-state index >= 15 is 4.79 Å². The number of nitrogens with two attached hydrogens (primary N) is 3. The van der Waals surface area contributed by atoms with Gasteiger partial charge in [-0.1, -0.05) is 124 Å². The summed E-state index contributed by atoms with van der Waals surface area (Å²) in [7, 11) is 0. The van der Waals surface area contributed by atoms with E-state index in [1.807, 2.05) is 92.7 Å². The SMILES string of the molecule is CC(C)C[C@H](NC(=O)[C@@H](Cc1c[nH]c2ccccc12)NC(=O)[C@H](Cc1ccccc1)NC(=O)[C@@H](Cc1c[nH]c2ccccc12)NC(=O)[C@H](CCC(N)=O)NC(=O)[C@H](N)Cc1ccccc1)C(=O)NC1(C(N)=O)CCCC1. The highest BCUT2D eigenvalue weighted by molar-refractivity contribution is 5.99. The Morgan fingerprint density at radius 2 is 0.934 bits per heavy atom. The molecular formula is C57H69N11O8. The molecule has 6 atom stereocenters. The highest BCUT2D eigenvalue weighted by Crippen LogP contribution is 2.30. The first-order valence-corrected chi connectivity index (χ1v) is 25.8. The monoisotopic (exact) mass is 1040 g/mol. The van der Waals surface area contributed by atoms with Crippen LogP contribution >= 0.6 is 0 Å². The molecule has 0 spiro atoms. The minimum Gasteiger partial charge on any atom is -0.370 e. The highest BCUT2D eigenvalue weighted by Gasteiger charge is 2.43. The van der Waals surface area contributed by atoms with Gasteiger partial charge < -0.3 is 59.1 Å². The van der Waals surface area contributed by atoms with Crippen molar-refractivity contribution in [3.05, 3.63) is 144 Å². The Morgan fingerprint density at radius 3 is 1.41 bits per heavy atom. The Balaban J connectivity index is 1.18. The summed E-state index contributed by atoms with van der Waals surface area (Å²) in [5, 5.41) is 18.5. The van der Waals surface area contributed by atoms with Crippen LogP contribution in [0.2, 0.25) is 0 Å². The lowest BCUT2D eigenvalue weighted by atomic mass is 9.94. The second-order valence-corrected chi connectivity index (χ2v) is 20.2. The highest BCUT2D eigenvalue weighted by atomic mass is 16.2. The van der Waals surface area contributed by atoms with E-state index in [9.17, 15) is 33.6 Å². The summed E-state index contributed by atoms with van der Waals surface area (Å²) < 4.78 is 0. The molecule has 19 heteroatoms. The van der Waals surface area contributed by atoms with E-state index in [-0.39, 0.29) is 50.9 Å². The molecule has 2 aromatic heterocycles. The molecule has 0 unspecified atom stereocenters. The van der Waals surface area contributed by atoms with E-state index in [0.717, 1.165) is 27.4 Å². The molecule has 0 aliphatic heterocycles. The predicted molar refractivity (Wildman–Crippen MR) is 288 cm³/mol. The number of aromatic nitrogens is 2. The van der Waals surface area contributed by atoms with Crippen molar-refractivity contribution in [2.24, 2.45) is 23.1 Å². The van der Waals surface area contributed by atoms with E-state index < -0.39 is 89.0 Å². The Hall–Kier alpha value is -8.32. The normalized spacial score (nSPS) is 15.4. The number of aromatic amines is 2. The summed E-state index contributed by atoms with van der Waals surface area (Å²) in [6.07, 6.45) is 5.25. The van der Waals surface area contributed by atoms with Crippen molar-refractivity contribution in [1.82, 2.24) is 41.9 Å². The standard InChI is InChI=1S/C57H69N11O8/c1-34(2)27-45(55(75)68-57(56(60)76)25-13-14-26-57)64-53(73)48(31-38-33-62-43-22-12-10-20-40(38)43)67-52(72)46(29-36-17-7-4-8-18-36)65-54(74)47(30-37-32-61-42-21-11-9-19-39(37)42)66-51(71)44(23-24-49(59)69)63-50(70)41(58)28-35-15-5-3-6-16-35/h3-12,15-22,32-34,41,44-48,61-62H,13-14,23-31,58H2,1-2H3,(H2,59,69)(H2,60,76)(H,63,70)(H,64,73)(H,65,74)(H,66,71)(H,67,72)(H,68,75)/t41-,44+,45+,46+,47-,48-/m1/s1. The van der Waals surface area contributed by atoms with Crippen LogP contribution in [-0.2, 0) is 64.0 Å². The number of rotatable bonds is 26. The zero-order chi connectivity index (χ0) is 54.4. The van der Waals surface area contributed by atoms with Gasteiger partial charge in [0.1, 0.15) is 35.7 Å². The van der Waals surface area contributed by atoms with Gasteiger partial charge in [-0.25, -0.2) is 0 Å². The summed E-state index contributed by atoms with van der Waals surface area (Å²) in [4.78, 5) is 118. The molecule has 8 amide bonds. The zero-order valence-electron chi connectivity index (χ0n) is 42.9. The van der Waals surface area contributed by atoms with Gasteiger partial charge in [0, 0.05) is 59.9 Å².